The predicted octanol–water partition coefficient (Wildman–Crippen LogP) is 2.23. The molecule has 0 aromatic rings. The van der Waals surface area contributed by atoms with E-state index in [9.17, 15) is 4.79 Å². The lowest BCUT2D eigenvalue weighted by molar-refractivity contribution is -0.147. The summed E-state index contributed by atoms with van der Waals surface area (Å²) in [4.78, 5) is 10.8. The summed E-state index contributed by atoms with van der Waals surface area (Å²) in [7, 11) is 0. The van der Waals surface area contributed by atoms with Crippen molar-refractivity contribution >= 4 is 5.97 Å². The van der Waals surface area contributed by atoms with Gasteiger partial charge in [-0.15, -0.1) is 0 Å². The van der Waals surface area contributed by atoms with E-state index in [1.165, 1.54) is 0 Å². The van der Waals surface area contributed by atoms with Gasteiger partial charge in [0.1, 0.15) is 0 Å². The molecule has 2 heteroatoms. The first-order valence-corrected chi connectivity index (χ1v) is 3.39. The third-order valence-corrected chi connectivity index (χ3v) is 1.30. The number of carbonyl (C=O) groups is 1. The zero-order valence-corrected chi connectivity index (χ0v) is 6.31. The first-order valence-electron chi connectivity index (χ1n) is 3.39. The molecule has 0 aliphatic heterocycles. The van der Waals surface area contributed by atoms with E-state index < -0.39 is 0 Å². The molecule has 0 aromatic carbocycles. The van der Waals surface area contributed by atoms with Gasteiger partial charge in [-0.25, -0.2) is 0 Å². The zero-order chi connectivity index (χ0) is 7.28. The first kappa shape index (κ1) is 12.2. The van der Waals surface area contributed by atoms with Gasteiger partial charge in [-0.05, 0) is 13.3 Å². The largest absolute Gasteiger partial charge is 0.466 e. The molecule has 2 nitrogen and oxygen atoms in total. The topological polar surface area (TPSA) is 26.3 Å². The fourth-order valence-electron chi connectivity index (χ4n) is 0.451. The van der Waals surface area contributed by atoms with E-state index in [1.54, 1.807) is 0 Å². The van der Waals surface area contributed by atoms with Crippen LogP contribution in [-0.2, 0) is 9.53 Å². The molecule has 0 N–H and O–H groups in total. The molecule has 0 aliphatic carbocycles. The summed E-state index contributed by atoms with van der Waals surface area (Å²) in [5, 5.41) is 0. The van der Waals surface area contributed by atoms with Crippen LogP contribution in [0.5, 0.6) is 0 Å². The molecule has 0 heterocycles. The van der Waals surface area contributed by atoms with Crippen molar-refractivity contribution in [2.45, 2.75) is 34.6 Å². The van der Waals surface area contributed by atoms with Crippen LogP contribution in [0.3, 0.4) is 0 Å². The summed E-state index contributed by atoms with van der Waals surface area (Å²) in [6.45, 7) is 6.16. The summed E-state index contributed by atoms with van der Waals surface area (Å²) in [6, 6.07) is 0. The molecule has 1 unspecified atom stereocenters. The molecule has 0 rings (SSSR count). The highest BCUT2D eigenvalue weighted by molar-refractivity contribution is 5.71. The van der Waals surface area contributed by atoms with Gasteiger partial charge < -0.3 is 4.74 Å². The molecule has 0 spiro atoms. The van der Waals surface area contributed by atoms with Crippen molar-refractivity contribution in [1.29, 1.82) is 0 Å². The maximum absolute atomic E-state index is 10.8. The fraction of sp³-hybridized carbons (Fsp3) is 0.875. The van der Waals surface area contributed by atoms with E-state index in [4.69, 9.17) is 4.74 Å². The zero-order valence-electron chi connectivity index (χ0n) is 6.31. The fourth-order valence-corrected chi connectivity index (χ4v) is 0.451. The molecule has 1 atom stereocenters. The summed E-state index contributed by atoms with van der Waals surface area (Å²) in [5.41, 5.74) is 0. The Balaban J connectivity index is 0. The van der Waals surface area contributed by atoms with E-state index in [-0.39, 0.29) is 19.3 Å². The Hall–Kier alpha value is -0.530. The Morgan fingerprint density at radius 1 is 1.50 bits per heavy atom. The number of esters is 1. The standard InChI is InChI=1S/C7H14O2.CH4/c1-4-6(3)7(8)9-5-2;/h6H,4-5H2,1-3H3;1H4. The molecule has 0 bridgehead atoms. The normalized spacial score (nSPS) is 11.5. The minimum Gasteiger partial charge on any atom is -0.466 e. The third kappa shape index (κ3) is 4.36. The molecular formula is C8H18O2. The monoisotopic (exact) mass is 146 g/mol. The highest BCUT2D eigenvalue weighted by Gasteiger charge is 2.09. The van der Waals surface area contributed by atoms with Crippen LogP contribution in [0.2, 0.25) is 0 Å². The van der Waals surface area contributed by atoms with Gasteiger partial charge in [0.15, 0.2) is 0 Å². The lowest BCUT2D eigenvalue weighted by atomic mass is 10.1. The molecule has 0 amide bonds. The number of carbonyl (C=O) groups excluding carboxylic acids is 1. The van der Waals surface area contributed by atoms with E-state index in [1.807, 2.05) is 20.8 Å². The summed E-state index contributed by atoms with van der Waals surface area (Å²) >= 11 is 0. The quantitative estimate of drug-likeness (QED) is 0.571. The Bertz CT molecular complexity index is 89.3. The minimum absolute atomic E-state index is 0. The predicted molar refractivity (Wildman–Crippen MR) is 42.8 cm³/mol. The maximum Gasteiger partial charge on any atom is 0.308 e. The molecule has 62 valence electrons. The van der Waals surface area contributed by atoms with Gasteiger partial charge in [0, 0.05) is 0 Å². The maximum atomic E-state index is 10.8. The molecule has 10 heavy (non-hydrogen) atoms. The second kappa shape index (κ2) is 6.59. The van der Waals surface area contributed by atoms with Crippen molar-refractivity contribution in [3.63, 3.8) is 0 Å². The number of rotatable bonds is 3. The van der Waals surface area contributed by atoms with Gasteiger partial charge >= 0.3 is 5.97 Å². The summed E-state index contributed by atoms with van der Waals surface area (Å²) in [5.74, 6) is -0.0232. The van der Waals surface area contributed by atoms with Crippen molar-refractivity contribution in [1.82, 2.24) is 0 Å². The van der Waals surface area contributed by atoms with Crippen molar-refractivity contribution in [2.24, 2.45) is 5.92 Å². The molecular weight excluding hydrogens is 128 g/mol. The average molecular weight is 146 g/mol. The molecule has 0 saturated carbocycles. The Kier molecular flexibility index (Phi) is 8.02. The van der Waals surface area contributed by atoms with Crippen molar-refractivity contribution in [3.05, 3.63) is 0 Å². The van der Waals surface area contributed by atoms with Gasteiger partial charge in [-0.2, -0.15) is 0 Å². The lowest BCUT2D eigenvalue weighted by Crippen LogP contribution is -2.13. The van der Waals surface area contributed by atoms with Gasteiger partial charge in [-0.1, -0.05) is 21.3 Å². The lowest BCUT2D eigenvalue weighted by Gasteiger charge is -2.05. The van der Waals surface area contributed by atoms with Crippen molar-refractivity contribution < 1.29 is 9.53 Å². The van der Waals surface area contributed by atoms with Crippen molar-refractivity contribution in [3.8, 4) is 0 Å². The smallest absolute Gasteiger partial charge is 0.308 e. The Morgan fingerprint density at radius 2 is 2.00 bits per heavy atom. The van der Waals surface area contributed by atoms with Gasteiger partial charge in [0.05, 0.1) is 12.5 Å². The van der Waals surface area contributed by atoms with Gasteiger partial charge in [0.2, 0.25) is 0 Å². The van der Waals surface area contributed by atoms with E-state index in [0.29, 0.717) is 6.61 Å². The van der Waals surface area contributed by atoms with Crippen LogP contribution < -0.4 is 0 Å². The van der Waals surface area contributed by atoms with Crippen LogP contribution >= 0.6 is 0 Å². The molecule has 0 radical (unpaired) electrons. The average Bonchev–Trinajstić information content (AvgIpc) is 1.87. The number of hydrogen-bond acceptors (Lipinski definition) is 2. The van der Waals surface area contributed by atoms with Crippen LogP contribution in [-0.4, -0.2) is 12.6 Å². The highest BCUT2D eigenvalue weighted by atomic mass is 16.5. The van der Waals surface area contributed by atoms with Crippen LogP contribution in [0, 0.1) is 5.92 Å². The molecule has 0 aromatic heterocycles. The van der Waals surface area contributed by atoms with E-state index >= 15 is 0 Å². The van der Waals surface area contributed by atoms with Crippen LogP contribution in [0.15, 0.2) is 0 Å². The molecule has 0 fully saturated rings. The third-order valence-electron chi connectivity index (χ3n) is 1.30. The second-order valence-electron chi connectivity index (χ2n) is 2.06. The van der Waals surface area contributed by atoms with Crippen LogP contribution in [0.4, 0.5) is 0 Å². The van der Waals surface area contributed by atoms with Crippen LogP contribution in [0.1, 0.15) is 34.6 Å². The van der Waals surface area contributed by atoms with Crippen molar-refractivity contribution in [2.75, 3.05) is 6.61 Å². The number of ether oxygens (including phenoxy) is 1. The highest BCUT2D eigenvalue weighted by Crippen LogP contribution is 2.01. The summed E-state index contributed by atoms with van der Waals surface area (Å²) < 4.78 is 4.76. The Morgan fingerprint density at radius 3 is 2.30 bits per heavy atom. The number of hydrogen-bond donors (Lipinski definition) is 0. The van der Waals surface area contributed by atoms with Gasteiger partial charge in [0.25, 0.3) is 0 Å². The van der Waals surface area contributed by atoms with E-state index in [2.05, 4.69) is 0 Å². The van der Waals surface area contributed by atoms with Crippen LogP contribution in [0.25, 0.3) is 0 Å². The SMILES string of the molecule is C.CCOC(=O)C(C)CC. The molecule has 0 saturated heterocycles. The first-order chi connectivity index (χ1) is 4.22. The van der Waals surface area contributed by atoms with E-state index in [0.717, 1.165) is 6.42 Å². The molecule has 0 aliphatic rings. The summed E-state index contributed by atoms with van der Waals surface area (Å²) in [6.07, 6.45) is 0.860. The Labute approximate surface area is 63.6 Å². The minimum atomic E-state index is -0.0833. The van der Waals surface area contributed by atoms with Gasteiger partial charge in [-0.3, -0.25) is 4.79 Å². The second-order valence-corrected chi connectivity index (χ2v) is 2.06.